The van der Waals surface area contributed by atoms with Crippen LogP contribution in [0, 0.1) is 5.82 Å². The summed E-state index contributed by atoms with van der Waals surface area (Å²) in [5, 5.41) is 6.92. The third kappa shape index (κ3) is 5.43. The summed E-state index contributed by atoms with van der Waals surface area (Å²) in [7, 11) is 3.24. The molecule has 0 bridgehead atoms. The van der Waals surface area contributed by atoms with Crippen LogP contribution in [0.25, 0.3) is 11.0 Å². The number of nitrogens with two attached hydrogens (primary N) is 1. The summed E-state index contributed by atoms with van der Waals surface area (Å²) in [5.41, 5.74) is 7.91. The molecule has 5 rings (SSSR count). The molecule has 0 atom stereocenters. The molecule has 4 aromatic rings. The Morgan fingerprint density at radius 3 is 2.42 bits per heavy atom. The number of hydrogen-bond donors (Lipinski definition) is 4. The van der Waals surface area contributed by atoms with Crippen molar-refractivity contribution in [3.05, 3.63) is 54.0 Å². The van der Waals surface area contributed by atoms with E-state index in [1.807, 2.05) is 12.1 Å². The zero-order chi connectivity index (χ0) is 28.4. The lowest BCUT2D eigenvalue weighted by Crippen LogP contribution is -2.49. The van der Waals surface area contributed by atoms with Crippen LogP contribution in [0.4, 0.5) is 33.2 Å². The largest absolute Gasteiger partial charge is 0.494 e. The summed E-state index contributed by atoms with van der Waals surface area (Å²) in [4.78, 5) is 29.0. The molecule has 0 unspecified atom stereocenters. The van der Waals surface area contributed by atoms with Crippen molar-refractivity contribution in [1.82, 2.24) is 19.9 Å². The van der Waals surface area contributed by atoms with Gasteiger partial charge < -0.3 is 35.7 Å². The normalized spacial score (nSPS) is 14.0. The number of piperazine rings is 1. The van der Waals surface area contributed by atoms with E-state index in [1.54, 1.807) is 26.5 Å². The van der Waals surface area contributed by atoms with Crippen molar-refractivity contribution in [1.29, 1.82) is 0 Å². The van der Waals surface area contributed by atoms with Gasteiger partial charge in [-0.15, -0.1) is 0 Å². The number of carbonyl (C=O) groups is 1. The fourth-order valence-electron chi connectivity index (χ4n) is 4.88. The van der Waals surface area contributed by atoms with Gasteiger partial charge in [-0.3, -0.25) is 9.69 Å². The van der Waals surface area contributed by atoms with Gasteiger partial charge in [0.1, 0.15) is 28.8 Å². The van der Waals surface area contributed by atoms with Crippen LogP contribution in [0.5, 0.6) is 11.5 Å². The van der Waals surface area contributed by atoms with Crippen molar-refractivity contribution in [3.8, 4) is 11.5 Å². The van der Waals surface area contributed by atoms with Crippen LogP contribution in [0.2, 0.25) is 0 Å². The fraction of sp³-hybridized carbons (Fsp3) is 0.321. The van der Waals surface area contributed by atoms with Crippen LogP contribution in [0.1, 0.15) is 24.2 Å². The Morgan fingerprint density at radius 2 is 1.75 bits per heavy atom. The molecule has 1 aliphatic heterocycles. The molecule has 2 aromatic carbocycles. The number of H-pyrrole nitrogens is 1. The molecule has 1 amide bonds. The highest BCUT2D eigenvalue weighted by molar-refractivity contribution is 6.00. The number of benzene rings is 2. The second kappa shape index (κ2) is 11.3. The van der Waals surface area contributed by atoms with E-state index in [-0.39, 0.29) is 17.2 Å². The lowest BCUT2D eigenvalue weighted by molar-refractivity contribution is 0.100. The number of hydrogen-bond acceptors (Lipinski definition) is 9. The maximum Gasteiger partial charge on any atom is 0.250 e. The average Bonchev–Trinajstić information content (AvgIpc) is 3.42. The monoisotopic (exact) mass is 548 g/mol. The molecule has 0 saturated carbocycles. The predicted molar refractivity (Wildman–Crippen MR) is 154 cm³/mol. The van der Waals surface area contributed by atoms with Crippen molar-refractivity contribution >= 4 is 45.8 Å². The van der Waals surface area contributed by atoms with E-state index in [2.05, 4.69) is 49.2 Å². The quantitative estimate of drug-likeness (QED) is 0.242. The Bertz CT molecular complexity index is 1530. The second-order valence-electron chi connectivity index (χ2n) is 9.78. The molecular formula is C28H33FN8O3. The first-order chi connectivity index (χ1) is 19.3. The van der Waals surface area contributed by atoms with Crippen LogP contribution >= 0.6 is 0 Å². The van der Waals surface area contributed by atoms with Crippen molar-refractivity contribution in [2.24, 2.45) is 5.73 Å². The molecule has 0 spiro atoms. The van der Waals surface area contributed by atoms with E-state index < -0.39 is 11.7 Å². The predicted octanol–water partition coefficient (Wildman–Crippen LogP) is 4.23. The Hall–Kier alpha value is -4.58. The minimum absolute atomic E-state index is 0.134. The van der Waals surface area contributed by atoms with E-state index in [0.717, 1.165) is 31.9 Å². The number of aromatic nitrogens is 3. The molecule has 1 saturated heterocycles. The third-order valence-corrected chi connectivity index (χ3v) is 7.05. The number of halogens is 1. The molecule has 12 heteroatoms. The van der Waals surface area contributed by atoms with Gasteiger partial charge in [-0.05, 0) is 38.1 Å². The number of ether oxygens (including phenoxy) is 2. The topological polar surface area (TPSA) is 134 Å². The molecule has 11 nitrogen and oxygen atoms in total. The van der Waals surface area contributed by atoms with E-state index in [1.165, 1.54) is 18.2 Å². The molecular weight excluding hydrogens is 515 g/mol. The number of rotatable bonds is 9. The Kier molecular flexibility index (Phi) is 7.60. The number of aromatic amines is 1. The highest BCUT2D eigenvalue weighted by Gasteiger charge is 2.23. The van der Waals surface area contributed by atoms with Gasteiger partial charge in [-0.2, -0.15) is 9.97 Å². The van der Waals surface area contributed by atoms with E-state index in [0.29, 0.717) is 40.1 Å². The maximum atomic E-state index is 14.0. The van der Waals surface area contributed by atoms with Crippen LogP contribution in [0.3, 0.4) is 0 Å². The minimum Gasteiger partial charge on any atom is -0.494 e. The first-order valence-electron chi connectivity index (χ1n) is 13.0. The number of nitrogens with one attached hydrogen (secondary N) is 3. The number of anilines is 5. The average molecular weight is 549 g/mol. The molecule has 2 aromatic heterocycles. The molecule has 0 aliphatic carbocycles. The molecule has 5 N–H and O–H groups in total. The fourth-order valence-corrected chi connectivity index (χ4v) is 4.88. The zero-order valence-corrected chi connectivity index (χ0v) is 22.9. The van der Waals surface area contributed by atoms with Crippen LogP contribution in [-0.4, -0.2) is 72.2 Å². The van der Waals surface area contributed by atoms with Gasteiger partial charge in [0, 0.05) is 50.6 Å². The third-order valence-electron chi connectivity index (χ3n) is 7.05. The summed E-state index contributed by atoms with van der Waals surface area (Å²) < 4.78 is 25.5. The van der Waals surface area contributed by atoms with Gasteiger partial charge in [0.2, 0.25) is 5.95 Å². The van der Waals surface area contributed by atoms with E-state index in [4.69, 9.17) is 15.2 Å². The number of methoxy groups -OCH3 is 2. The lowest BCUT2D eigenvalue weighted by atomic mass is 10.1. The number of fused-ring (bicyclic) bond motifs is 1. The second-order valence-corrected chi connectivity index (χ2v) is 9.78. The number of nitrogens with zero attached hydrogens (tertiary/aromatic N) is 4. The van der Waals surface area contributed by atoms with Gasteiger partial charge in [-0.1, -0.05) is 0 Å². The SMILES string of the molecule is COc1cc(N2CCN(C(C)C)CC2)c(OC)cc1Nc1nc(Nc2cc(F)ccc2C(N)=O)c2cc[nH]c2n1. The lowest BCUT2D eigenvalue weighted by Gasteiger charge is -2.38. The van der Waals surface area contributed by atoms with Crippen molar-refractivity contribution in [2.75, 3.05) is 55.9 Å². The first-order valence-corrected chi connectivity index (χ1v) is 13.0. The summed E-state index contributed by atoms with van der Waals surface area (Å²) >= 11 is 0. The Labute approximate surface area is 231 Å². The summed E-state index contributed by atoms with van der Waals surface area (Å²) in [5.74, 6) is 0.662. The van der Waals surface area contributed by atoms with Gasteiger partial charge in [-0.25, -0.2) is 4.39 Å². The molecule has 40 heavy (non-hydrogen) atoms. The Balaban J connectivity index is 1.47. The van der Waals surface area contributed by atoms with Crippen molar-refractivity contribution in [2.45, 2.75) is 19.9 Å². The standard InChI is InChI=1S/C28H33FN8O3/c1-16(2)36-9-11-37(12-10-36)22-15-23(39-3)21(14-24(22)40-4)33-28-34-26-19(7-8-31-26)27(35-28)32-20-13-17(29)5-6-18(20)25(30)38/h5-8,13-16H,9-12H2,1-4H3,(H2,30,38)(H3,31,32,33,34,35). The van der Waals surface area contributed by atoms with E-state index >= 15 is 0 Å². The van der Waals surface area contributed by atoms with Crippen LogP contribution in [0.15, 0.2) is 42.6 Å². The molecule has 1 fully saturated rings. The highest BCUT2D eigenvalue weighted by Crippen LogP contribution is 2.40. The molecule has 0 radical (unpaired) electrons. The zero-order valence-electron chi connectivity index (χ0n) is 22.9. The van der Waals surface area contributed by atoms with Crippen LogP contribution < -0.4 is 30.7 Å². The van der Waals surface area contributed by atoms with Gasteiger partial charge in [0.15, 0.2) is 0 Å². The molecule has 210 valence electrons. The van der Waals surface area contributed by atoms with Gasteiger partial charge >= 0.3 is 0 Å². The minimum atomic E-state index is -0.692. The summed E-state index contributed by atoms with van der Waals surface area (Å²) in [6.45, 7) is 8.10. The summed E-state index contributed by atoms with van der Waals surface area (Å²) in [6, 6.07) is 9.79. The van der Waals surface area contributed by atoms with Gasteiger partial charge in [0.25, 0.3) is 5.91 Å². The molecule has 1 aliphatic rings. The van der Waals surface area contributed by atoms with Crippen LogP contribution in [-0.2, 0) is 0 Å². The van der Waals surface area contributed by atoms with E-state index in [9.17, 15) is 9.18 Å². The smallest absolute Gasteiger partial charge is 0.250 e. The number of amides is 1. The summed E-state index contributed by atoms with van der Waals surface area (Å²) in [6.07, 6.45) is 1.71. The van der Waals surface area contributed by atoms with Gasteiger partial charge in [0.05, 0.1) is 42.2 Å². The van der Waals surface area contributed by atoms with Crippen molar-refractivity contribution in [3.63, 3.8) is 0 Å². The number of carbonyl (C=O) groups excluding carboxylic acids is 1. The first kappa shape index (κ1) is 27.0. The number of primary amides is 1. The van der Waals surface area contributed by atoms with Crippen molar-refractivity contribution < 1.29 is 18.7 Å². The molecule has 3 heterocycles. The Morgan fingerprint density at radius 1 is 1.00 bits per heavy atom. The highest BCUT2D eigenvalue weighted by atomic mass is 19.1. The maximum absolute atomic E-state index is 14.0.